The van der Waals surface area contributed by atoms with Gasteiger partial charge in [-0.15, -0.1) is 0 Å². The highest BCUT2D eigenvalue weighted by Gasteiger charge is 2.24. The van der Waals surface area contributed by atoms with Gasteiger partial charge in [0.2, 0.25) is 0 Å². The predicted octanol–water partition coefficient (Wildman–Crippen LogP) is 5.56. The number of nitrogens with one attached hydrogen (secondary N) is 1. The lowest BCUT2D eigenvalue weighted by atomic mass is 10.1. The second-order valence-electron chi connectivity index (χ2n) is 7.79. The number of methoxy groups -OCH3 is 1. The van der Waals surface area contributed by atoms with Crippen molar-refractivity contribution in [2.24, 2.45) is 4.99 Å². The van der Waals surface area contributed by atoms with Crippen LogP contribution >= 0.6 is 11.8 Å². The first-order valence-electron chi connectivity index (χ1n) is 10.7. The van der Waals surface area contributed by atoms with Crippen molar-refractivity contribution in [1.82, 2.24) is 5.32 Å². The summed E-state index contributed by atoms with van der Waals surface area (Å²) in [6.07, 6.45) is 1.81. The average molecular weight is 473 g/mol. The van der Waals surface area contributed by atoms with E-state index in [1.807, 2.05) is 62.4 Å². The van der Waals surface area contributed by atoms with E-state index >= 15 is 0 Å². The zero-order valence-corrected chi connectivity index (χ0v) is 19.9. The number of amides is 1. The van der Waals surface area contributed by atoms with Crippen LogP contribution in [0.1, 0.15) is 32.6 Å². The van der Waals surface area contributed by atoms with E-state index in [1.54, 1.807) is 18.2 Å². The van der Waals surface area contributed by atoms with Gasteiger partial charge in [-0.25, -0.2) is 9.79 Å². The van der Waals surface area contributed by atoms with Crippen LogP contribution in [0.4, 0.5) is 5.69 Å². The SMILES string of the molecule is COC(=O)c1ccc(COc2ccccc2C=C2SC(=Nc3ccc(C)cc3C)NC2=O)cc1. The Morgan fingerprint density at radius 2 is 1.82 bits per heavy atom. The lowest BCUT2D eigenvalue weighted by Gasteiger charge is -2.10. The molecule has 0 saturated carbocycles. The molecule has 0 bridgehead atoms. The number of hydrogen-bond acceptors (Lipinski definition) is 6. The van der Waals surface area contributed by atoms with Gasteiger partial charge in [0, 0.05) is 5.56 Å². The molecule has 7 heteroatoms. The number of rotatable bonds is 6. The molecule has 1 aliphatic heterocycles. The van der Waals surface area contributed by atoms with Crippen molar-refractivity contribution in [3.05, 3.63) is 99.5 Å². The molecule has 0 unspecified atom stereocenters. The summed E-state index contributed by atoms with van der Waals surface area (Å²) in [5, 5.41) is 3.39. The maximum atomic E-state index is 12.6. The smallest absolute Gasteiger partial charge is 0.337 e. The Morgan fingerprint density at radius 1 is 1.06 bits per heavy atom. The van der Waals surface area contributed by atoms with Gasteiger partial charge in [-0.3, -0.25) is 4.79 Å². The van der Waals surface area contributed by atoms with Crippen LogP contribution in [0, 0.1) is 13.8 Å². The number of esters is 1. The molecule has 1 aliphatic rings. The first-order chi connectivity index (χ1) is 16.4. The standard InChI is InChI=1S/C27H24N2O4S/c1-17-8-13-22(18(2)14-17)28-27-29-25(30)24(34-27)15-21-6-4-5-7-23(21)33-16-19-9-11-20(12-10-19)26(31)32-3/h4-15H,16H2,1-3H3,(H,28,29,30). The van der Waals surface area contributed by atoms with Crippen molar-refractivity contribution in [2.75, 3.05) is 7.11 Å². The summed E-state index contributed by atoms with van der Waals surface area (Å²) in [6, 6.07) is 20.6. The highest BCUT2D eigenvalue weighted by atomic mass is 32.2. The maximum absolute atomic E-state index is 12.6. The molecule has 0 spiro atoms. The topological polar surface area (TPSA) is 77.0 Å². The third-order valence-electron chi connectivity index (χ3n) is 5.20. The predicted molar refractivity (Wildman–Crippen MR) is 135 cm³/mol. The molecule has 1 fully saturated rings. The van der Waals surface area contributed by atoms with Crippen LogP contribution in [0.2, 0.25) is 0 Å². The van der Waals surface area contributed by atoms with Gasteiger partial charge in [-0.2, -0.15) is 0 Å². The number of thioether (sulfide) groups is 1. The Bertz CT molecular complexity index is 1300. The van der Waals surface area contributed by atoms with Gasteiger partial charge < -0.3 is 14.8 Å². The summed E-state index contributed by atoms with van der Waals surface area (Å²) in [4.78, 5) is 29.3. The molecular formula is C27H24N2O4S. The van der Waals surface area contributed by atoms with Gasteiger partial charge in [-0.1, -0.05) is 48.0 Å². The molecule has 0 atom stereocenters. The number of amidine groups is 1. The number of aryl methyl sites for hydroxylation is 2. The molecule has 34 heavy (non-hydrogen) atoms. The summed E-state index contributed by atoms with van der Waals surface area (Å²) in [7, 11) is 1.35. The first kappa shape index (κ1) is 23.3. The number of carbonyl (C=O) groups is 2. The van der Waals surface area contributed by atoms with Crippen molar-refractivity contribution in [2.45, 2.75) is 20.5 Å². The minimum atomic E-state index is -0.378. The molecule has 3 aromatic rings. The fourth-order valence-corrected chi connectivity index (χ4v) is 4.23. The zero-order valence-electron chi connectivity index (χ0n) is 19.1. The molecule has 0 radical (unpaired) electrons. The minimum Gasteiger partial charge on any atom is -0.488 e. The first-order valence-corrected chi connectivity index (χ1v) is 11.5. The van der Waals surface area contributed by atoms with Crippen LogP contribution in [0.15, 0.2) is 76.6 Å². The van der Waals surface area contributed by atoms with Gasteiger partial charge in [0.1, 0.15) is 12.4 Å². The Morgan fingerprint density at radius 3 is 2.56 bits per heavy atom. The number of para-hydroxylation sites is 1. The third-order valence-corrected chi connectivity index (χ3v) is 6.11. The molecule has 1 N–H and O–H groups in total. The molecule has 3 aromatic carbocycles. The number of nitrogens with zero attached hydrogens (tertiary/aromatic N) is 1. The number of carbonyl (C=O) groups excluding carboxylic acids is 2. The van der Waals surface area contributed by atoms with E-state index in [0.29, 0.717) is 28.0 Å². The Balaban J connectivity index is 1.49. The quantitative estimate of drug-likeness (QED) is 0.375. The molecule has 0 aliphatic carbocycles. The van der Waals surface area contributed by atoms with E-state index < -0.39 is 0 Å². The normalized spacial score (nSPS) is 15.4. The van der Waals surface area contributed by atoms with Crippen LogP contribution in [0.3, 0.4) is 0 Å². The molecular weight excluding hydrogens is 448 g/mol. The van der Waals surface area contributed by atoms with Crippen molar-refractivity contribution in [1.29, 1.82) is 0 Å². The van der Waals surface area contributed by atoms with Crippen molar-refractivity contribution in [3.8, 4) is 5.75 Å². The Kier molecular flexibility index (Phi) is 7.13. The highest BCUT2D eigenvalue weighted by molar-refractivity contribution is 8.18. The number of ether oxygens (including phenoxy) is 2. The Hall–Kier alpha value is -3.84. The number of hydrogen-bond donors (Lipinski definition) is 1. The average Bonchev–Trinajstić information content (AvgIpc) is 3.18. The molecule has 4 rings (SSSR count). The summed E-state index contributed by atoms with van der Waals surface area (Å²) in [6.45, 7) is 4.36. The second kappa shape index (κ2) is 10.4. The van der Waals surface area contributed by atoms with Crippen LogP contribution in [-0.4, -0.2) is 24.2 Å². The van der Waals surface area contributed by atoms with Gasteiger partial charge in [0.25, 0.3) is 5.91 Å². The van der Waals surface area contributed by atoms with Crippen LogP contribution < -0.4 is 10.1 Å². The van der Waals surface area contributed by atoms with Gasteiger partial charge in [0.15, 0.2) is 5.17 Å². The molecule has 0 aromatic heterocycles. The fourth-order valence-electron chi connectivity index (χ4n) is 3.41. The van der Waals surface area contributed by atoms with E-state index in [2.05, 4.69) is 16.4 Å². The van der Waals surface area contributed by atoms with Gasteiger partial charge in [-0.05, 0) is 67.1 Å². The van der Waals surface area contributed by atoms with Gasteiger partial charge in [0.05, 0.1) is 23.3 Å². The monoisotopic (exact) mass is 472 g/mol. The molecule has 6 nitrogen and oxygen atoms in total. The molecule has 1 heterocycles. The molecule has 1 amide bonds. The number of benzene rings is 3. The van der Waals surface area contributed by atoms with Crippen molar-refractivity contribution < 1.29 is 19.1 Å². The number of aliphatic imine (C=N–C) groups is 1. The van der Waals surface area contributed by atoms with Crippen LogP contribution in [0.25, 0.3) is 6.08 Å². The summed E-state index contributed by atoms with van der Waals surface area (Å²) in [5.41, 5.74) is 5.24. The van der Waals surface area contributed by atoms with E-state index in [9.17, 15) is 9.59 Å². The molecule has 172 valence electrons. The second-order valence-corrected chi connectivity index (χ2v) is 8.82. The zero-order chi connectivity index (χ0) is 24.1. The largest absolute Gasteiger partial charge is 0.488 e. The van der Waals surface area contributed by atoms with E-state index in [1.165, 1.54) is 24.4 Å². The minimum absolute atomic E-state index is 0.193. The fraction of sp³-hybridized carbons (Fsp3) is 0.148. The van der Waals surface area contributed by atoms with Crippen LogP contribution in [0.5, 0.6) is 5.75 Å². The van der Waals surface area contributed by atoms with Crippen molar-refractivity contribution in [3.63, 3.8) is 0 Å². The lowest BCUT2D eigenvalue weighted by Crippen LogP contribution is -2.19. The maximum Gasteiger partial charge on any atom is 0.337 e. The van der Waals surface area contributed by atoms with E-state index in [-0.39, 0.29) is 11.9 Å². The van der Waals surface area contributed by atoms with Gasteiger partial charge >= 0.3 is 5.97 Å². The summed E-state index contributed by atoms with van der Waals surface area (Å²) in [5.74, 6) is 0.0826. The lowest BCUT2D eigenvalue weighted by molar-refractivity contribution is -0.115. The third kappa shape index (κ3) is 5.55. The molecule has 1 saturated heterocycles. The summed E-state index contributed by atoms with van der Waals surface area (Å²) < 4.78 is 10.7. The van der Waals surface area contributed by atoms with E-state index in [4.69, 9.17) is 9.47 Å². The van der Waals surface area contributed by atoms with Crippen molar-refractivity contribution >= 4 is 40.6 Å². The highest BCUT2D eigenvalue weighted by Crippen LogP contribution is 2.31. The van der Waals surface area contributed by atoms with E-state index in [0.717, 1.165) is 22.4 Å². The Labute approximate surface area is 202 Å². The van der Waals surface area contributed by atoms with Crippen LogP contribution in [-0.2, 0) is 16.1 Å². The summed E-state index contributed by atoms with van der Waals surface area (Å²) >= 11 is 1.30.